The molecule has 3 heteroatoms. The van der Waals surface area contributed by atoms with Crippen LogP contribution in [-0.2, 0) is 0 Å². The van der Waals surface area contributed by atoms with Crippen LogP contribution in [0.1, 0.15) is 20.3 Å². The summed E-state index contributed by atoms with van der Waals surface area (Å²) < 4.78 is 0. The maximum Gasteiger partial charge on any atom is 0.129 e. The highest BCUT2D eigenvalue weighted by molar-refractivity contribution is 6.66. The predicted octanol–water partition coefficient (Wildman–Crippen LogP) is 1.36. The molecule has 0 aliphatic heterocycles. The van der Waals surface area contributed by atoms with E-state index in [1.807, 2.05) is 0 Å². The van der Waals surface area contributed by atoms with Crippen LogP contribution in [0.3, 0.4) is 0 Å². The molecule has 0 aromatic carbocycles. The van der Waals surface area contributed by atoms with Gasteiger partial charge in [-0.05, 0) is 13.3 Å². The highest BCUT2D eigenvalue weighted by Crippen LogP contribution is 2.11. The van der Waals surface area contributed by atoms with Gasteiger partial charge in [-0.15, -0.1) is 0 Å². The Bertz CT molecular complexity index is 101. The molecular weight excluding hydrogens is 126 g/mol. The van der Waals surface area contributed by atoms with E-state index in [4.69, 9.17) is 22.1 Å². The van der Waals surface area contributed by atoms with Crippen LogP contribution in [0, 0.1) is 5.41 Å². The highest BCUT2D eigenvalue weighted by atomic mass is 35.5. The summed E-state index contributed by atoms with van der Waals surface area (Å²) in [5, 5.41) is 15.7. The minimum absolute atomic E-state index is 0.194. The van der Waals surface area contributed by atoms with Crippen LogP contribution in [0.5, 0.6) is 0 Å². The first-order valence-electron chi connectivity index (χ1n) is 2.47. The van der Waals surface area contributed by atoms with Gasteiger partial charge in [-0.2, -0.15) is 0 Å². The molecule has 0 aromatic rings. The molecule has 0 radical (unpaired) electrons. The highest BCUT2D eigenvalue weighted by Gasteiger charge is 2.21. The van der Waals surface area contributed by atoms with Crippen molar-refractivity contribution in [1.82, 2.24) is 0 Å². The van der Waals surface area contributed by atoms with Gasteiger partial charge < -0.3 is 5.11 Å². The summed E-state index contributed by atoms with van der Waals surface area (Å²) >= 11 is 5.20. The summed E-state index contributed by atoms with van der Waals surface area (Å²) in [5.41, 5.74) is -1.11. The van der Waals surface area contributed by atoms with Crippen LogP contribution in [0.15, 0.2) is 0 Å². The summed E-state index contributed by atoms with van der Waals surface area (Å²) in [6.07, 6.45) is 0.481. The molecule has 8 heavy (non-hydrogen) atoms. The SMILES string of the molecule is CCC(C)(O)C(=N)Cl. The van der Waals surface area contributed by atoms with Crippen molar-refractivity contribution in [2.45, 2.75) is 25.9 Å². The number of hydrogen-bond acceptors (Lipinski definition) is 2. The Morgan fingerprint density at radius 2 is 2.25 bits per heavy atom. The predicted molar refractivity (Wildman–Crippen MR) is 34.5 cm³/mol. The molecule has 2 N–H and O–H groups in total. The van der Waals surface area contributed by atoms with E-state index in [0.29, 0.717) is 6.42 Å². The Hall–Kier alpha value is -0.0800. The summed E-state index contributed by atoms with van der Waals surface area (Å²) in [6.45, 7) is 3.29. The number of rotatable bonds is 2. The maximum atomic E-state index is 9.04. The largest absolute Gasteiger partial charge is 0.383 e. The summed E-state index contributed by atoms with van der Waals surface area (Å²) in [7, 11) is 0. The molecule has 0 fully saturated rings. The van der Waals surface area contributed by atoms with E-state index in [0.717, 1.165) is 0 Å². The van der Waals surface area contributed by atoms with E-state index in [1.165, 1.54) is 6.92 Å². The summed E-state index contributed by atoms with van der Waals surface area (Å²) in [4.78, 5) is 0. The molecular formula is C5H10ClNO. The standard InChI is InChI=1S/C5H10ClNO/c1-3-5(2,8)4(6)7/h7-8H,3H2,1-2H3. The first-order valence-corrected chi connectivity index (χ1v) is 2.85. The third-order valence-corrected chi connectivity index (χ3v) is 1.57. The molecule has 2 nitrogen and oxygen atoms in total. The topological polar surface area (TPSA) is 44.1 Å². The van der Waals surface area contributed by atoms with Gasteiger partial charge in [0.15, 0.2) is 0 Å². The summed E-state index contributed by atoms with van der Waals surface area (Å²) in [5.74, 6) is 0. The lowest BCUT2D eigenvalue weighted by Gasteiger charge is -2.16. The lowest BCUT2D eigenvalue weighted by atomic mass is 10.1. The van der Waals surface area contributed by atoms with Gasteiger partial charge in [0.25, 0.3) is 0 Å². The van der Waals surface area contributed by atoms with Gasteiger partial charge >= 0.3 is 0 Å². The zero-order valence-electron chi connectivity index (χ0n) is 5.03. The average Bonchev–Trinajstić information content (AvgIpc) is 1.67. The lowest BCUT2D eigenvalue weighted by molar-refractivity contribution is 0.130. The number of aliphatic hydroxyl groups is 1. The van der Waals surface area contributed by atoms with E-state index in [2.05, 4.69) is 0 Å². The Morgan fingerprint density at radius 3 is 2.25 bits per heavy atom. The zero-order valence-corrected chi connectivity index (χ0v) is 5.79. The van der Waals surface area contributed by atoms with Gasteiger partial charge in [0, 0.05) is 0 Å². The van der Waals surface area contributed by atoms with Crippen LogP contribution in [0.2, 0.25) is 0 Å². The fraction of sp³-hybridized carbons (Fsp3) is 0.800. The molecule has 0 aliphatic rings. The van der Waals surface area contributed by atoms with E-state index >= 15 is 0 Å². The van der Waals surface area contributed by atoms with Crippen LogP contribution >= 0.6 is 11.6 Å². The molecule has 0 saturated heterocycles. The van der Waals surface area contributed by atoms with Gasteiger partial charge in [0.2, 0.25) is 0 Å². The third-order valence-electron chi connectivity index (χ3n) is 1.16. The smallest absolute Gasteiger partial charge is 0.129 e. The van der Waals surface area contributed by atoms with Gasteiger partial charge in [-0.25, -0.2) is 0 Å². The minimum atomic E-state index is -1.11. The molecule has 0 bridgehead atoms. The zero-order chi connectivity index (χ0) is 6.78. The Balaban J connectivity index is 3.91. The van der Waals surface area contributed by atoms with Crippen LogP contribution < -0.4 is 0 Å². The van der Waals surface area contributed by atoms with E-state index in [-0.39, 0.29) is 5.17 Å². The van der Waals surface area contributed by atoms with Gasteiger partial charge in [-0.3, -0.25) is 5.41 Å². The fourth-order valence-corrected chi connectivity index (χ4v) is 0.289. The molecule has 0 rings (SSSR count). The second-order valence-corrected chi connectivity index (χ2v) is 2.32. The minimum Gasteiger partial charge on any atom is -0.383 e. The Labute approximate surface area is 54.0 Å². The molecule has 0 aromatic heterocycles. The molecule has 1 unspecified atom stereocenters. The molecule has 0 amide bonds. The molecule has 1 atom stereocenters. The van der Waals surface area contributed by atoms with Crippen molar-refractivity contribution < 1.29 is 5.11 Å². The first kappa shape index (κ1) is 7.92. The molecule has 0 aliphatic carbocycles. The normalized spacial score (nSPS) is 17.5. The van der Waals surface area contributed by atoms with Crippen molar-refractivity contribution >= 4 is 16.8 Å². The second-order valence-electron chi connectivity index (χ2n) is 1.94. The van der Waals surface area contributed by atoms with Crippen molar-refractivity contribution in [2.24, 2.45) is 0 Å². The van der Waals surface area contributed by atoms with Crippen LogP contribution in [0.4, 0.5) is 0 Å². The van der Waals surface area contributed by atoms with Crippen LogP contribution in [0.25, 0.3) is 0 Å². The molecule has 0 heterocycles. The number of halogens is 1. The maximum absolute atomic E-state index is 9.04. The third kappa shape index (κ3) is 1.80. The second kappa shape index (κ2) is 2.46. The number of hydrogen-bond donors (Lipinski definition) is 2. The molecule has 48 valence electrons. The van der Waals surface area contributed by atoms with E-state index in [9.17, 15) is 0 Å². The quantitative estimate of drug-likeness (QED) is 0.552. The van der Waals surface area contributed by atoms with Crippen molar-refractivity contribution in [3.8, 4) is 0 Å². The monoisotopic (exact) mass is 135 g/mol. The molecule has 0 saturated carbocycles. The van der Waals surface area contributed by atoms with Crippen molar-refractivity contribution in [3.63, 3.8) is 0 Å². The number of nitrogens with one attached hydrogen (secondary N) is 1. The van der Waals surface area contributed by atoms with Crippen LogP contribution in [-0.4, -0.2) is 15.9 Å². The first-order chi connectivity index (χ1) is 3.50. The van der Waals surface area contributed by atoms with Gasteiger partial charge in [-0.1, -0.05) is 18.5 Å². The Morgan fingerprint density at radius 1 is 1.88 bits per heavy atom. The van der Waals surface area contributed by atoms with Gasteiger partial charge in [0.05, 0.1) is 0 Å². The van der Waals surface area contributed by atoms with Crippen molar-refractivity contribution in [2.75, 3.05) is 0 Å². The fourth-order valence-electron chi connectivity index (χ4n) is 0.155. The Kier molecular flexibility index (Phi) is 2.44. The van der Waals surface area contributed by atoms with Crippen molar-refractivity contribution in [1.29, 1.82) is 5.41 Å². The van der Waals surface area contributed by atoms with E-state index < -0.39 is 5.60 Å². The van der Waals surface area contributed by atoms with Crippen molar-refractivity contribution in [3.05, 3.63) is 0 Å². The summed E-state index contributed by atoms with van der Waals surface area (Å²) in [6, 6.07) is 0. The van der Waals surface area contributed by atoms with Gasteiger partial charge in [0.1, 0.15) is 10.8 Å². The average molecular weight is 136 g/mol. The molecule has 0 spiro atoms. The van der Waals surface area contributed by atoms with E-state index in [1.54, 1.807) is 6.92 Å². The lowest BCUT2D eigenvalue weighted by Crippen LogP contribution is -2.29.